The van der Waals surface area contributed by atoms with Gasteiger partial charge in [-0.3, -0.25) is 0 Å². The van der Waals surface area contributed by atoms with Gasteiger partial charge in [0.25, 0.3) is 0 Å². The van der Waals surface area contributed by atoms with Crippen LogP contribution in [0.15, 0.2) is 39.9 Å². The first-order valence-corrected chi connectivity index (χ1v) is 9.67. The highest BCUT2D eigenvalue weighted by Gasteiger charge is 2.34. The number of ether oxygens (including phenoxy) is 1. The number of aromatic nitrogens is 2. The molecule has 0 spiro atoms. The second-order valence-corrected chi connectivity index (χ2v) is 8.05. The van der Waals surface area contributed by atoms with Crippen LogP contribution < -0.4 is 10.6 Å². The SMILES string of the molecule is COC(=O)C1=C(CSc2nnc(C)s2)NC(=O)N[C@@H]1c1ccccc1C. The van der Waals surface area contributed by atoms with Gasteiger partial charge in [0.05, 0.1) is 18.7 Å². The number of aryl methyl sites for hydroxylation is 2. The molecule has 2 amide bonds. The molecule has 0 unspecified atom stereocenters. The summed E-state index contributed by atoms with van der Waals surface area (Å²) in [5.74, 6) is -0.0932. The molecule has 9 heteroatoms. The maximum absolute atomic E-state index is 12.5. The van der Waals surface area contributed by atoms with Crippen molar-refractivity contribution in [3.05, 3.63) is 51.7 Å². The molecule has 1 aromatic heterocycles. The summed E-state index contributed by atoms with van der Waals surface area (Å²) >= 11 is 2.89. The van der Waals surface area contributed by atoms with Crippen LogP contribution in [-0.4, -0.2) is 35.1 Å². The average Bonchev–Trinajstić information content (AvgIpc) is 3.04. The highest BCUT2D eigenvalue weighted by atomic mass is 32.2. The third kappa shape index (κ3) is 3.88. The Kier molecular flexibility index (Phi) is 5.58. The van der Waals surface area contributed by atoms with Crippen LogP contribution in [0.4, 0.5) is 4.79 Å². The molecule has 1 aromatic carbocycles. The number of hydrogen-bond donors (Lipinski definition) is 2. The van der Waals surface area contributed by atoms with Gasteiger partial charge >= 0.3 is 12.0 Å². The fraction of sp³-hybridized carbons (Fsp3) is 0.294. The molecular formula is C17H18N4O3S2. The summed E-state index contributed by atoms with van der Waals surface area (Å²) in [5.41, 5.74) is 2.76. The molecule has 0 aliphatic carbocycles. The minimum Gasteiger partial charge on any atom is -0.466 e. The maximum Gasteiger partial charge on any atom is 0.338 e. The van der Waals surface area contributed by atoms with Crippen molar-refractivity contribution in [2.45, 2.75) is 24.2 Å². The average molecular weight is 390 g/mol. The summed E-state index contributed by atoms with van der Waals surface area (Å²) in [6, 6.07) is 6.71. The predicted octanol–water partition coefficient (Wildman–Crippen LogP) is 2.73. The van der Waals surface area contributed by atoms with Gasteiger partial charge in [-0.2, -0.15) is 0 Å². The summed E-state index contributed by atoms with van der Waals surface area (Å²) < 4.78 is 5.76. The van der Waals surface area contributed by atoms with Crippen molar-refractivity contribution in [3.63, 3.8) is 0 Å². The van der Waals surface area contributed by atoms with E-state index in [1.807, 2.05) is 38.1 Å². The molecule has 26 heavy (non-hydrogen) atoms. The minimum absolute atomic E-state index is 0.352. The first kappa shape index (κ1) is 18.4. The molecule has 3 rings (SSSR count). The Morgan fingerprint density at radius 2 is 2.08 bits per heavy atom. The van der Waals surface area contributed by atoms with E-state index in [9.17, 15) is 9.59 Å². The molecule has 7 nitrogen and oxygen atoms in total. The van der Waals surface area contributed by atoms with E-state index in [1.54, 1.807) is 0 Å². The Morgan fingerprint density at radius 1 is 1.31 bits per heavy atom. The van der Waals surface area contributed by atoms with E-state index in [1.165, 1.54) is 30.2 Å². The number of methoxy groups -OCH3 is 1. The molecule has 2 N–H and O–H groups in total. The molecule has 0 bridgehead atoms. The smallest absolute Gasteiger partial charge is 0.338 e. The fourth-order valence-electron chi connectivity index (χ4n) is 2.70. The highest BCUT2D eigenvalue weighted by Crippen LogP contribution is 2.32. The van der Waals surface area contributed by atoms with Crippen molar-refractivity contribution in [1.82, 2.24) is 20.8 Å². The Bertz CT molecular complexity index is 878. The summed E-state index contributed by atoms with van der Waals surface area (Å²) in [4.78, 5) is 24.7. The van der Waals surface area contributed by atoms with Gasteiger partial charge in [0.15, 0.2) is 4.34 Å². The van der Waals surface area contributed by atoms with E-state index < -0.39 is 12.0 Å². The predicted molar refractivity (Wildman–Crippen MR) is 100.0 cm³/mol. The third-order valence-electron chi connectivity index (χ3n) is 3.91. The second kappa shape index (κ2) is 7.88. The molecule has 2 heterocycles. The van der Waals surface area contributed by atoms with Gasteiger partial charge in [-0.05, 0) is 25.0 Å². The Hall–Kier alpha value is -2.39. The first-order valence-electron chi connectivity index (χ1n) is 7.87. The van der Waals surface area contributed by atoms with E-state index in [-0.39, 0.29) is 6.03 Å². The lowest BCUT2D eigenvalue weighted by Crippen LogP contribution is -2.46. The van der Waals surface area contributed by atoms with Crippen LogP contribution in [0.25, 0.3) is 0 Å². The Labute approximate surface area is 159 Å². The van der Waals surface area contributed by atoms with E-state index >= 15 is 0 Å². The monoisotopic (exact) mass is 390 g/mol. The normalized spacial score (nSPS) is 16.9. The number of nitrogens with one attached hydrogen (secondary N) is 2. The number of thioether (sulfide) groups is 1. The van der Waals surface area contributed by atoms with Crippen LogP contribution in [0.2, 0.25) is 0 Å². The molecule has 0 saturated carbocycles. The molecule has 1 aliphatic heterocycles. The van der Waals surface area contributed by atoms with Crippen molar-refractivity contribution in [1.29, 1.82) is 0 Å². The minimum atomic E-state index is -0.566. The summed E-state index contributed by atoms with van der Waals surface area (Å²) in [6.07, 6.45) is 0. The largest absolute Gasteiger partial charge is 0.466 e. The molecule has 2 aromatic rings. The number of urea groups is 1. The zero-order chi connectivity index (χ0) is 18.7. The quantitative estimate of drug-likeness (QED) is 0.602. The van der Waals surface area contributed by atoms with Crippen molar-refractivity contribution in [3.8, 4) is 0 Å². The number of rotatable bonds is 5. The van der Waals surface area contributed by atoms with Crippen LogP contribution in [0.3, 0.4) is 0 Å². The highest BCUT2D eigenvalue weighted by molar-refractivity contribution is 8.01. The molecular weight excluding hydrogens is 372 g/mol. The van der Waals surface area contributed by atoms with Crippen LogP contribution in [0.1, 0.15) is 22.2 Å². The first-order chi connectivity index (χ1) is 12.5. The van der Waals surface area contributed by atoms with Crippen LogP contribution in [0, 0.1) is 13.8 Å². The van der Waals surface area contributed by atoms with E-state index in [0.29, 0.717) is 17.0 Å². The van der Waals surface area contributed by atoms with E-state index in [0.717, 1.165) is 20.5 Å². The number of carbonyl (C=O) groups excluding carboxylic acids is 2. The lowest BCUT2D eigenvalue weighted by molar-refractivity contribution is -0.136. The number of nitrogens with zero attached hydrogens (tertiary/aromatic N) is 2. The van der Waals surface area contributed by atoms with Gasteiger partial charge in [0, 0.05) is 11.4 Å². The van der Waals surface area contributed by atoms with Gasteiger partial charge < -0.3 is 15.4 Å². The number of benzene rings is 1. The summed E-state index contributed by atoms with van der Waals surface area (Å²) in [5, 5.41) is 14.5. The fourth-order valence-corrected chi connectivity index (χ4v) is 4.48. The van der Waals surface area contributed by atoms with E-state index in [4.69, 9.17) is 4.74 Å². The third-order valence-corrected chi connectivity index (χ3v) is 5.90. The van der Waals surface area contributed by atoms with Crippen molar-refractivity contribution in [2.75, 3.05) is 12.9 Å². The lowest BCUT2D eigenvalue weighted by atomic mass is 9.92. The molecule has 0 saturated heterocycles. The number of hydrogen-bond acceptors (Lipinski definition) is 7. The molecule has 1 atom stereocenters. The maximum atomic E-state index is 12.5. The summed E-state index contributed by atoms with van der Waals surface area (Å²) in [7, 11) is 1.33. The van der Waals surface area contributed by atoms with Gasteiger partial charge in [0.2, 0.25) is 0 Å². The van der Waals surface area contributed by atoms with E-state index in [2.05, 4.69) is 20.8 Å². The van der Waals surface area contributed by atoms with Crippen LogP contribution >= 0.6 is 23.1 Å². The number of carbonyl (C=O) groups is 2. The molecule has 0 fully saturated rings. The topological polar surface area (TPSA) is 93.2 Å². The molecule has 136 valence electrons. The number of amides is 2. The van der Waals surface area contributed by atoms with Gasteiger partial charge in [-0.25, -0.2) is 9.59 Å². The summed E-state index contributed by atoms with van der Waals surface area (Å²) in [6.45, 7) is 3.82. The van der Waals surface area contributed by atoms with Crippen LogP contribution in [0.5, 0.6) is 0 Å². The number of esters is 1. The van der Waals surface area contributed by atoms with Gasteiger partial charge in [-0.1, -0.05) is 47.4 Å². The van der Waals surface area contributed by atoms with Gasteiger partial charge in [-0.15, -0.1) is 10.2 Å². The van der Waals surface area contributed by atoms with Crippen LogP contribution in [-0.2, 0) is 9.53 Å². The van der Waals surface area contributed by atoms with Crippen molar-refractivity contribution < 1.29 is 14.3 Å². The zero-order valence-electron chi connectivity index (χ0n) is 14.5. The lowest BCUT2D eigenvalue weighted by Gasteiger charge is -2.29. The Morgan fingerprint density at radius 3 is 2.73 bits per heavy atom. The standard InChI is InChI=1S/C17H18N4O3S2/c1-9-6-4-5-7-11(9)14-13(15(22)24-3)12(18-16(23)19-14)8-25-17-21-20-10(2)26-17/h4-7,14H,8H2,1-3H3,(H2,18,19,23)/t14-/m1/s1. The Balaban J connectivity index is 1.98. The second-order valence-electron chi connectivity index (χ2n) is 5.65. The zero-order valence-corrected chi connectivity index (χ0v) is 16.2. The molecule has 0 radical (unpaired) electrons. The van der Waals surface area contributed by atoms with Crippen molar-refractivity contribution in [2.24, 2.45) is 0 Å². The van der Waals surface area contributed by atoms with Gasteiger partial charge in [0.1, 0.15) is 5.01 Å². The van der Waals surface area contributed by atoms with Crippen molar-refractivity contribution >= 4 is 35.1 Å². The molecule has 1 aliphatic rings.